The van der Waals surface area contributed by atoms with Crippen LogP contribution in [-0.2, 0) is 19.4 Å². The average Bonchev–Trinajstić information content (AvgIpc) is 3.00. The molecule has 0 aliphatic rings. The van der Waals surface area contributed by atoms with Crippen molar-refractivity contribution in [2.45, 2.75) is 39.3 Å². The lowest BCUT2D eigenvalue weighted by atomic mass is 10.1. The van der Waals surface area contributed by atoms with Crippen LogP contribution in [0.3, 0.4) is 0 Å². The fraction of sp³-hybridized carbons (Fsp3) is 0.462. The summed E-state index contributed by atoms with van der Waals surface area (Å²) >= 11 is 11.5. The van der Waals surface area contributed by atoms with Crippen LogP contribution in [0.2, 0.25) is 5.02 Å². The number of thiophene rings is 1. The minimum Gasteiger partial charge on any atom is -0.271 e. The number of aryl methyl sites for hydroxylation is 2. The third-order valence-corrected chi connectivity index (χ3v) is 5.64. The Balaban J connectivity index is 2.32. The quantitative estimate of drug-likeness (QED) is 0.596. The molecule has 20 heavy (non-hydrogen) atoms. The summed E-state index contributed by atoms with van der Waals surface area (Å²) in [5.41, 5.74) is 5.09. The van der Waals surface area contributed by atoms with Crippen molar-refractivity contribution >= 4 is 38.9 Å². The second-order valence-corrected chi connectivity index (χ2v) is 6.58. The maximum absolute atomic E-state index is 6.21. The van der Waals surface area contributed by atoms with E-state index in [0.29, 0.717) is 0 Å². The number of hydrazine groups is 1. The van der Waals surface area contributed by atoms with E-state index in [4.69, 9.17) is 17.4 Å². The minimum absolute atomic E-state index is 0.00879. The summed E-state index contributed by atoms with van der Waals surface area (Å²) in [4.78, 5) is 1.06. The molecular weight excluding hydrogens is 360 g/mol. The summed E-state index contributed by atoms with van der Waals surface area (Å²) in [6.07, 6.45) is 1.65. The third-order valence-electron chi connectivity index (χ3n) is 3.25. The Morgan fingerprint density at radius 2 is 2.30 bits per heavy atom. The number of nitrogens with zero attached hydrogens (tertiary/aromatic N) is 2. The molecule has 1 unspecified atom stereocenters. The van der Waals surface area contributed by atoms with Crippen molar-refractivity contribution in [3.63, 3.8) is 0 Å². The van der Waals surface area contributed by atoms with Crippen LogP contribution >= 0.6 is 38.9 Å². The Bertz CT molecular complexity index is 581. The van der Waals surface area contributed by atoms with Gasteiger partial charge in [0, 0.05) is 17.8 Å². The normalized spacial score (nSPS) is 12.8. The number of hydrogen-bond donors (Lipinski definition) is 2. The number of nitrogens with two attached hydrogens (primary N) is 1. The van der Waals surface area contributed by atoms with E-state index in [1.807, 2.05) is 16.1 Å². The van der Waals surface area contributed by atoms with Gasteiger partial charge in [-0.05, 0) is 40.7 Å². The van der Waals surface area contributed by atoms with Crippen molar-refractivity contribution in [1.29, 1.82) is 0 Å². The molecule has 0 aliphatic heterocycles. The lowest BCUT2D eigenvalue weighted by Gasteiger charge is -2.16. The van der Waals surface area contributed by atoms with Gasteiger partial charge in [0.1, 0.15) is 0 Å². The van der Waals surface area contributed by atoms with Crippen LogP contribution in [0.5, 0.6) is 0 Å². The molecule has 0 spiro atoms. The highest BCUT2D eigenvalue weighted by Crippen LogP contribution is 2.32. The van der Waals surface area contributed by atoms with Crippen molar-refractivity contribution in [1.82, 2.24) is 15.2 Å². The largest absolute Gasteiger partial charge is 0.271 e. The van der Waals surface area contributed by atoms with Crippen LogP contribution in [-0.4, -0.2) is 9.78 Å². The summed E-state index contributed by atoms with van der Waals surface area (Å²) in [5, 5.41) is 7.34. The van der Waals surface area contributed by atoms with Gasteiger partial charge < -0.3 is 0 Å². The molecule has 0 aromatic carbocycles. The van der Waals surface area contributed by atoms with E-state index >= 15 is 0 Å². The van der Waals surface area contributed by atoms with E-state index in [1.165, 1.54) is 0 Å². The maximum atomic E-state index is 6.21. The highest BCUT2D eigenvalue weighted by Gasteiger charge is 2.21. The molecule has 0 amide bonds. The molecule has 7 heteroatoms. The molecule has 0 radical (unpaired) electrons. The first-order valence-corrected chi connectivity index (χ1v) is 8.60. The molecule has 1 atom stereocenters. The number of halogens is 2. The molecule has 0 aliphatic carbocycles. The van der Waals surface area contributed by atoms with Crippen LogP contribution in [0.1, 0.15) is 36.2 Å². The highest BCUT2D eigenvalue weighted by atomic mass is 79.9. The number of nitrogens with one attached hydrogen (secondary N) is 1. The van der Waals surface area contributed by atoms with Crippen LogP contribution in [0, 0.1) is 0 Å². The molecule has 2 rings (SSSR count). The molecule has 0 saturated heterocycles. The molecule has 3 N–H and O–H groups in total. The summed E-state index contributed by atoms with van der Waals surface area (Å²) in [5.74, 6) is 5.71. The Hall–Kier alpha value is -0.400. The summed E-state index contributed by atoms with van der Waals surface area (Å²) in [6, 6.07) is 1.89. The first kappa shape index (κ1) is 16.0. The smallest absolute Gasteiger partial charge is 0.0766 e. The Morgan fingerprint density at radius 1 is 1.55 bits per heavy atom. The maximum Gasteiger partial charge on any atom is 0.0766 e. The molecule has 0 bridgehead atoms. The van der Waals surface area contributed by atoms with E-state index in [2.05, 4.69) is 40.3 Å². The van der Waals surface area contributed by atoms with Crippen LogP contribution in [0.25, 0.3) is 0 Å². The zero-order chi connectivity index (χ0) is 14.7. The lowest BCUT2D eigenvalue weighted by molar-refractivity contribution is 0.522. The van der Waals surface area contributed by atoms with Crippen molar-refractivity contribution in [2.75, 3.05) is 0 Å². The predicted molar refractivity (Wildman–Crippen MR) is 88.1 cm³/mol. The first-order chi connectivity index (χ1) is 9.62. The van der Waals surface area contributed by atoms with Gasteiger partial charge in [-0.25, -0.2) is 0 Å². The van der Waals surface area contributed by atoms with Gasteiger partial charge in [0.25, 0.3) is 0 Å². The average molecular weight is 378 g/mol. The van der Waals surface area contributed by atoms with Crippen LogP contribution in [0.15, 0.2) is 15.9 Å². The third kappa shape index (κ3) is 3.09. The second-order valence-electron chi connectivity index (χ2n) is 4.43. The minimum atomic E-state index is -0.00879. The number of hydrogen-bond acceptors (Lipinski definition) is 4. The molecule has 0 fully saturated rings. The first-order valence-electron chi connectivity index (χ1n) is 6.55. The van der Waals surface area contributed by atoms with Crippen molar-refractivity contribution in [3.05, 3.63) is 37.2 Å². The van der Waals surface area contributed by atoms with Gasteiger partial charge in [-0.3, -0.25) is 16.0 Å². The Kier molecular flexibility index (Phi) is 5.63. The van der Waals surface area contributed by atoms with Gasteiger partial charge in [-0.2, -0.15) is 5.10 Å². The van der Waals surface area contributed by atoms with E-state index in [9.17, 15) is 0 Å². The van der Waals surface area contributed by atoms with Gasteiger partial charge in [0.2, 0.25) is 0 Å². The monoisotopic (exact) mass is 376 g/mol. The zero-order valence-electron chi connectivity index (χ0n) is 11.5. The molecule has 0 saturated carbocycles. The standard InChI is InChI=1S/C13H18BrClN4S/c1-3-9-12(14)11(19(4-2)18-9)7-10(17-16)13-8(15)5-6-20-13/h5-6,10,17H,3-4,7,16H2,1-2H3. The molecule has 4 nitrogen and oxygen atoms in total. The Morgan fingerprint density at radius 3 is 2.80 bits per heavy atom. The van der Waals surface area contributed by atoms with E-state index < -0.39 is 0 Å². The second kappa shape index (κ2) is 7.04. The SMILES string of the molecule is CCc1nn(CC)c(CC(NN)c2sccc2Cl)c1Br. The van der Waals surface area contributed by atoms with Gasteiger partial charge in [0.05, 0.1) is 26.9 Å². The van der Waals surface area contributed by atoms with Crippen molar-refractivity contribution in [2.24, 2.45) is 5.84 Å². The molecule has 2 aromatic rings. The van der Waals surface area contributed by atoms with Gasteiger partial charge in [-0.15, -0.1) is 11.3 Å². The van der Waals surface area contributed by atoms with Crippen molar-refractivity contribution in [3.8, 4) is 0 Å². The van der Waals surface area contributed by atoms with E-state index in [0.717, 1.165) is 45.1 Å². The highest BCUT2D eigenvalue weighted by molar-refractivity contribution is 9.10. The van der Waals surface area contributed by atoms with Crippen LogP contribution in [0.4, 0.5) is 0 Å². The topological polar surface area (TPSA) is 55.9 Å². The van der Waals surface area contributed by atoms with Gasteiger partial charge in [-0.1, -0.05) is 18.5 Å². The summed E-state index contributed by atoms with van der Waals surface area (Å²) < 4.78 is 3.10. The fourth-order valence-electron chi connectivity index (χ4n) is 2.19. The van der Waals surface area contributed by atoms with Gasteiger partial charge >= 0.3 is 0 Å². The van der Waals surface area contributed by atoms with Crippen LogP contribution < -0.4 is 11.3 Å². The molecule has 2 aromatic heterocycles. The van der Waals surface area contributed by atoms with Gasteiger partial charge in [0.15, 0.2) is 0 Å². The summed E-state index contributed by atoms with van der Waals surface area (Å²) in [7, 11) is 0. The van der Waals surface area contributed by atoms with Crippen molar-refractivity contribution < 1.29 is 0 Å². The van der Waals surface area contributed by atoms with E-state index in [-0.39, 0.29) is 6.04 Å². The molecule has 2 heterocycles. The zero-order valence-corrected chi connectivity index (χ0v) is 14.6. The van der Waals surface area contributed by atoms with E-state index in [1.54, 1.807) is 11.3 Å². The lowest BCUT2D eigenvalue weighted by Crippen LogP contribution is -2.30. The molecule has 110 valence electrons. The predicted octanol–water partition coefficient (Wildman–Crippen LogP) is 3.69. The fourth-order valence-corrected chi connectivity index (χ4v) is 4.16. The Labute approximate surface area is 136 Å². The number of aromatic nitrogens is 2. The number of rotatable bonds is 6. The summed E-state index contributed by atoms with van der Waals surface area (Å²) in [6.45, 7) is 5.03. The molecular formula is C13H18BrClN4S.